The van der Waals surface area contributed by atoms with Crippen LogP contribution in [-0.4, -0.2) is 82.7 Å². The highest BCUT2D eigenvalue weighted by atomic mass is 19.3. The van der Waals surface area contributed by atoms with Gasteiger partial charge in [0.25, 0.3) is 0 Å². The summed E-state index contributed by atoms with van der Waals surface area (Å²) in [7, 11) is 0. The van der Waals surface area contributed by atoms with Gasteiger partial charge < -0.3 is 9.64 Å². The van der Waals surface area contributed by atoms with Gasteiger partial charge in [-0.15, -0.1) is 10.2 Å². The van der Waals surface area contributed by atoms with Crippen LogP contribution in [0.2, 0.25) is 0 Å². The fourth-order valence-corrected chi connectivity index (χ4v) is 4.70. The van der Waals surface area contributed by atoms with Crippen LogP contribution < -0.4 is 9.64 Å². The first-order chi connectivity index (χ1) is 19.0. The molecule has 39 heavy (non-hydrogen) atoms. The van der Waals surface area contributed by atoms with Crippen molar-refractivity contribution < 1.29 is 13.5 Å². The maximum atomic E-state index is 12.9. The van der Waals surface area contributed by atoms with Gasteiger partial charge in [-0.3, -0.25) is 14.3 Å². The summed E-state index contributed by atoms with van der Waals surface area (Å²) in [5.74, 6) is 1.49. The van der Waals surface area contributed by atoms with E-state index >= 15 is 0 Å². The lowest BCUT2D eigenvalue weighted by molar-refractivity contribution is -0.0503. The molecule has 12 nitrogen and oxygen atoms in total. The molecule has 6 rings (SSSR count). The molecule has 1 saturated heterocycles. The smallest absolute Gasteiger partial charge is 0.387 e. The second-order valence-electron chi connectivity index (χ2n) is 9.17. The zero-order chi connectivity index (χ0) is 26.8. The van der Waals surface area contributed by atoms with Crippen molar-refractivity contribution in [3.63, 3.8) is 0 Å². The highest BCUT2D eigenvalue weighted by Crippen LogP contribution is 2.26. The van der Waals surface area contributed by atoms with Crippen LogP contribution in [0, 0.1) is 6.92 Å². The second kappa shape index (κ2) is 10.6. The number of imidazole rings is 1. The van der Waals surface area contributed by atoms with Gasteiger partial charge in [0, 0.05) is 62.3 Å². The molecule has 0 atom stereocenters. The number of halogens is 2. The number of anilines is 1. The van der Waals surface area contributed by atoms with Gasteiger partial charge in [0.05, 0.1) is 29.8 Å². The number of ether oxygens (including phenoxy) is 1. The number of tetrazole rings is 1. The van der Waals surface area contributed by atoms with Gasteiger partial charge in [0.15, 0.2) is 11.5 Å². The third-order valence-corrected chi connectivity index (χ3v) is 6.70. The van der Waals surface area contributed by atoms with Crippen LogP contribution in [-0.2, 0) is 13.0 Å². The molecule has 1 aliphatic heterocycles. The van der Waals surface area contributed by atoms with Crippen LogP contribution in [0.4, 0.5) is 14.7 Å². The average molecular weight is 534 g/mol. The second-order valence-corrected chi connectivity index (χ2v) is 9.17. The SMILES string of the molecule is Cc1nc2cnc(-c3cnc(N4CCN(Cc5nn[nH]n5)CC4)nc3)cn2c1Cc1ccccc1OC(F)F. The van der Waals surface area contributed by atoms with Crippen molar-refractivity contribution >= 4 is 11.6 Å². The van der Waals surface area contributed by atoms with Crippen molar-refractivity contribution in [2.45, 2.75) is 26.5 Å². The zero-order valence-corrected chi connectivity index (χ0v) is 21.1. The lowest BCUT2D eigenvalue weighted by atomic mass is 10.1. The summed E-state index contributed by atoms with van der Waals surface area (Å²) in [6.45, 7) is 2.90. The molecule has 0 aliphatic carbocycles. The van der Waals surface area contributed by atoms with Crippen LogP contribution in [0.1, 0.15) is 22.8 Å². The number of nitrogens with zero attached hydrogens (tertiary/aromatic N) is 10. The Balaban J connectivity index is 1.19. The Morgan fingerprint density at radius 2 is 1.82 bits per heavy atom. The Morgan fingerprint density at radius 1 is 1.03 bits per heavy atom. The Labute approximate surface area is 221 Å². The minimum Gasteiger partial charge on any atom is -0.435 e. The maximum absolute atomic E-state index is 12.9. The highest BCUT2D eigenvalue weighted by Gasteiger charge is 2.21. The first kappa shape index (κ1) is 24.7. The van der Waals surface area contributed by atoms with Gasteiger partial charge in [0.2, 0.25) is 5.95 Å². The molecular weight excluding hydrogens is 508 g/mol. The van der Waals surface area contributed by atoms with Gasteiger partial charge in [-0.2, -0.15) is 14.0 Å². The lowest BCUT2D eigenvalue weighted by Crippen LogP contribution is -2.46. The summed E-state index contributed by atoms with van der Waals surface area (Å²) in [4.78, 5) is 22.8. The van der Waals surface area contributed by atoms with E-state index in [1.54, 1.807) is 42.9 Å². The van der Waals surface area contributed by atoms with Crippen LogP contribution >= 0.6 is 0 Å². The van der Waals surface area contributed by atoms with Crippen molar-refractivity contribution in [1.29, 1.82) is 0 Å². The molecule has 1 aliphatic rings. The first-order valence-electron chi connectivity index (χ1n) is 12.4. The van der Waals surface area contributed by atoms with Gasteiger partial charge in [-0.25, -0.2) is 15.0 Å². The number of aryl methyl sites for hydroxylation is 1. The summed E-state index contributed by atoms with van der Waals surface area (Å²) >= 11 is 0. The monoisotopic (exact) mass is 533 g/mol. The number of aromatic amines is 1. The van der Waals surface area contributed by atoms with Crippen molar-refractivity contribution in [3.05, 3.63) is 71.8 Å². The quantitative estimate of drug-likeness (QED) is 0.318. The number of hydrogen-bond acceptors (Lipinski definition) is 10. The number of H-pyrrole nitrogens is 1. The molecule has 0 spiro atoms. The molecule has 0 amide bonds. The number of nitrogens with one attached hydrogen (secondary N) is 1. The molecule has 4 aromatic heterocycles. The van der Waals surface area contributed by atoms with Crippen molar-refractivity contribution in [2.24, 2.45) is 0 Å². The van der Waals surface area contributed by atoms with E-state index in [0.717, 1.165) is 43.1 Å². The molecule has 200 valence electrons. The third-order valence-electron chi connectivity index (χ3n) is 6.70. The van der Waals surface area contributed by atoms with Crippen LogP contribution in [0.25, 0.3) is 16.9 Å². The number of aromatic nitrogens is 9. The van der Waals surface area contributed by atoms with Gasteiger partial charge in [0.1, 0.15) is 5.75 Å². The van der Waals surface area contributed by atoms with E-state index < -0.39 is 6.61 Å². The van der Waals surface area contributed by atoms with Crippen LogP contribution in [0.5, 0.6) is 5.75 Å². The Hall–Kier alpha value is -4.59. The van der Waals surface area contributed by atoms with E-state index in [9.17, 15) is 8.78 Å². The number of para-hydroxylation sites is 1. The molecule has 0 unspecified atom stereocenters. The molecule has 0 radical (unpaired) electrons. The fraction of sp³-hybridized carbons (Fsp3) is 0.320. The Bertz CT molecular complexity index is 1550. The number of alkyl halides is 2. The molecule has 5 aromatic rings. The Kier molecular flexibility index (Phi) is 6.75. The van der Waals surface area contributed by atoms with Crippen molar-refractivity contribution in [3.8, 4) is 17.0 Å². The number of hydrogen-bond donors (Lipinski definition) is 1. The van der Waals surface area contributed by atoms with Crippen LogP contribution in [0.3, 0.4) is 0 Å². The van der Waals surface area contributed by atoms with Gasteiger partial charge in [-0.05, 0) is 13.0 Å². The molecule has 5 heterocycles. The van der Waals surface area contributed by atoms with E-state index in [1.165, 1.54) is 0 Å². The summed E-state index contributed by atoms with van der Waals surface area (Å²) in [6.07, 6.45) is 7.45. The van der Waals surface area contributed by atoms with Gasteiger partial charge in [-0.1, -0.05) is 23.4 Å². The largest absolute Gasteiger partial charge is 0.435 e. The van der Waals surface area contributed by atoms with Crippen LogP contribution in [0.15, 0.2) is 49.1 Å². The third kappa shape index (κ3) is 5.36. The van der Waals surface area contributed by atoms with E-state index in [2.05, 4.69) is 50.4 Å². The summed E-state index contributed by atoms with van der Waals surface area (Å²) < 4.78 is 32.5. The zero-order valence-electron chi connectivity index (χ0n) is 21.1. The Morgan fingerprint density at radius 3 is 2.56 bits per heavy atom. The minimum absolute atomic E-state index is 0.149. The average Bonchev–Trinajstić information content (AvgIpc) is 3.57. The van der Waals surface area contributed by atoms with Crippen molar-refractivity contribution in [2.75, 3.05) is 31.1 Å². The number of benzene rings is 1. The lowest BCUT2D eigenvalue weighted by Gasteiger charge is -2.33. The fourth-order valence-electron chi connectivity index (χ4n) is 4.70. The van der Waals surface area contributed by atoms with E-state index in [1.807, 2.05) is 17.5 Å². The highest BCUT2D eigenvalue weighted by molar-refractivity contribution is 5.59. The standard InChI is InChI=1S/C25H25F2N11O/c1-16-20(10-17-4-2-3-5-21(17)39-24(26)27)38-14-19(28-13-23(38)31-16)18-11-29-25(30-12-18)37-8-6-36(7-9-37)15-22-32-34-35-33-22/h2-5,11-14,24H,6-10,15H2,1H3,(H,32,33,34,35). The van der Waals surface area contributed by atoms with Crippen molar-refractivity contribution in [1.82, 2.24) is 49.9 Å². The molecular formula is C25H25F2N11O. The van der Waals surface area contributed by atoms with E-state index in [-0.39, 0.29) is 5.75 Å². The molecule has 1 fully saturated rings. The number of piperazine rings is 1. The first-order valence-corrected chi connectivity index (χ1v) is 12.4. The summed E-state index contributed by atoms with van der Waals surface area (Å²) in [6, 6.07) is 6.78. The topological polar surface area (TPSA) is 126 Å². The number of rotatable bonds is 8. The predicted molar refractivity (Wildman–Crippen MR) is 136 cm³/mol. The molecule has 0 bridgehead atoms. The molecule has 1 aromatic carbocycles. The van der Waals surface area contributed by atoms with E-state index in [4.69, 9.17) is 4.74 Å². The van der Waals surface area contributed by atoms with Gasteiger partial charge >= 0.3 is 6.61 Å². The van der Waals surface area contributed by atoms with E-state index in [0.29, 0.717) is 41.6 Å². The number of fused-ring (bicyclic) bond motifs is 1. The normalized spacial score (nSPS) is 14.4. The maximum Gasteiger partial charge on any atom is 0.387 e. The summed E-state index contributed by atoms with van der Waals surface area (Å²) in [5, 5.41) is 14.1. The molecule has 0 saturated carbocycles. The predicted octanol–water partition coefficient (Wildman–Crippen LogP) is 2.52. The summed E-state index contributed by atoms with van der Waals surface area (Å²) in [5.41, 5.74) is 4.38. The molecule has 1 N–H and O–H groups in total. The minimum atomic E-state index is -2.89. The molecule has 14 heteroatoms.